The number of amides is 1. The summed E-state index contributed by atoms with van der Waals surface area (Å²) in [6.45, 7) is 8.50. The van der Waals surface area contributed by atoms with Crippen molar-refractivity contribution in [2.75, 3.05) is 13.1 Å². The van der Waals surface area contributed by atoms with Crippen LogP contribution in [-0.4, -0.2) is 45.2 Å². The molecule has 1 unspecified atom stereocenters. The maximum absolute atomic E-state index is 15.4. The summed E-state index contributed by atoms with van der Waals surface area (Å²) in [7, 11) is 0. The number of hydrogen-bond acceptors (Lipinski definition) is 4. The Labute approximate surface area is 212 Å². The van der Waals surface area contributed by atoms with Crippen LogP contribution in [0, 0.1) is 0 Å². The number of fused-ring (bicyclic) bond motifs is 5. The normalized spacial score (nSPS) is 20.2. The Hall–Kier alpha value is -3.00. The molecule has 0 bridgehead atoms. The second-order valence-electron chi connectivity index (χ2n) is 11.1. The van der Waals surface area contributed by atoms with Gasteiger partial charge in [-0.15, -0.1) is 0 Å². The van der Waals surface area contributed by atoms with E-state index in [0.29, 0.717) is 33.0 Å². The number of benzene rings is 2. The Balaban J connectivity index is 1.57. The third-order valence-corrected chi connectivity index (χ3v) is 7.33. The van der Waals surface area contributed by atoms with Gasteiger partial charge < -0.3 is 9.64 Å². The molecule has 5 rings (SSSR count). The fourth-order valence-electron chi connectivity index (χ4n) is 5.32. The number of ether oxygens (including phenoxy) is 1. The van der Waals surface area contributed by atoms with E-state index in [1.165, 1.54) is 0 Å². The predicted octanol–water partition coefficient (Wildman–Crippen LogP) is 6.04. The van der Waals surface area contributed by atoms with Gasteiger partial charge in [0.2, 0.25) is 0 Å². The highest BCUT2D eigenvalue weighted by Crippen LogP contribution is 2.47. The molecule has 0 saturated carbocycles. The summed E-state index contributed by atoms with van der Waals surface area (Å²) in [5.74, 6) is -3.68. The second-order valence-corrected chi connectivity index (χ2v) is 11.5. The number of likely N-dealkylation sites (tertiary alicyclic amines) is 1. The second kappa shape index (κ2) is 8.00. The minimum absolute atomic E-state index is 0.0935. The Bertz CT molecular complexity index is 1460. The van der Waals surface area contributed by atoms with E-state index in [1.807, 2.05) is 24.5 Å². The number of aromatic nitrogens is 2. The van der Waals surface area contributed by atoms with Gasteiger partial charge in [-0.1, -0.05) is 29.8 Å². The van der Waals surface area contributed by atoms with Gasteiger partial charge >= 0.3 is 6.09 Å². The average molecular weight is 516 g/mol. The Kier molecular flexibility index (Phi) is 5.49. The molecule has 36 heavy (non-hydrogen) atoms. The first-order chi connectivity index (χ1) is 16.7. The van der Waals surface area contributed by atoms with E-state index in [-0.39, 0.29) is 13.0 Å². The summed E-state index contributed by atoms with van der Waals surface area (Å²) >= 11 is 6.34. The fraction of sp³-hybridized carbons (Fsp3) is 0.444. The van der Waals surface area contributed by atoms with Crippen LogP contribution < -0.4 is 5.56 Å². The molecule has 3 heterocycles. The van der Waals surface area contributed by atoms with Crippen molar-refractivity contribution in [2.24, 2.45) is 0 Å². The van der Waals surface area contributed by atoms with Crippen molar-refractivity contribution in [3.05, 3.63) is 68.7 Å². The van der Waals surface area contributed by atoms with Crippen LogP contribution in [0.4, 0.5) is 13.6 Å². The quantitative estimate of drug-likeness (QED) is 0.396. The molecule has 9 heteroatoms. The van der Waals surface area contributed by atoms with Gasteiger partial charge in [0.05, 0.1) is 39.5 Å². The van der Waals surface area contributed by atoms with Crippen molar-refractivity contribution < 1.29 is 18.3 Å². The molecule has 0 N–H and O–H groups in total. The van der Waals surface area contributed by atoms with Crippen molar-refractivity contribution in [2.45, 2.75) is 63.9 Å². The summed E-state index contributed by atoms with van der Waals surface area (Å²) in [6.07, 6.45) is -0.639. The monoisotopic (exact) mass is 515 g/mol. The molecule has 3 aromatic rings. The fourth-order valence-corrected chi connectivity index (χ4v) is 5.57. The van der Waals surface area contributed by atoms with Gasteiger partial charge in [0.25, 0.3) is 11.5 Å². The molecule has 1 amide bonds. The zero-order chi connectivity index (χ0) is 26.2. The Morgan fingerprint density at radius 2 is 1.92 bits per heavy atom. The number of carbonyl (C=O) groups excluding carboxylic acids is 1. The van der Waals surface area contributed by atoms with E-state index in [1.54, 1.807) is 51.1 Å². The van der Waals surface area contributed by atoms with E-state index in [4.69, 9.17) is 16.3 Å². The van der Waals surface area contributed by atoms with Gasteiger partial charge in [-0.3, -0.25) is 9.36 Å². The van der Waals surface area contributed by atoms with E-state index >= 15 is 8.78 Å². The van der Waals surface area contributed by atoms with Crippen LogP contribution in [0.25, 0.3) is 16.6 Å². The van der Waals surface area contributed by atoms with Gasteiger partial charge in [-0.2, -0.15) is 4.98 Å². The highest BCUT2D eigenvalue weighted by Gasteiger charge is 2.48. The SMILES string of the molecule is CC(C)(C)OC(=O)N1CCC(c2ccc3c(c2)-n2c(nc(=O)c4c(Cl)cccc42)C3(C)C)C(F)(F)C1. The molecule has 0 radical (unpaired) electrons. The molecule has 0 aliphatic carbocycles. The lowest BCUT2D eigenvalue weighted by Crippen LogP contribution is -2.51. The number of nitrogens with zero attached hydrogens (tertiary/aromatic N) is 3. The van der Waals surface area contributed by atoms with Crippen LogP contribution in [0.1, 0.15) is 63.9 Å². The molecule has 1 fully saturated rings. The van der Waals surface area contributed by atoms with Crippen molar-refractivity contribution in [1.29, 1.82) is 0 Å². The number of hydrogen-bond donors (Lipinski definition) is 0. The molecule has 2 aliphatic heterocycles. The zero-order valence-corrected chi connectivity index (χ0v) is 21.6. The highest BCUT2D eigenvalue weighted by atomic mass is 35.5. The van der Waals surface area contributed by atoms with Gasteiger partial charge in [0.15, 0.2) is 0 Å². The molecule has 2 aliphatic rings. The third kappa shape index (κ3) is 3.86. The predicted molar refractivity (Wildman–Crippen MR) is 135 cm³/mol. The van der Waals surface area contributed by atoms with Gasteiger partial charge in [0.1, 0.15) is 11.4 Å². The average Bonchev–Trinajstić information content (AvgIpc) is 2.98. The molecule has 1 aromatic heterocycles. The lowest BCUT2D eigenvalue weighted by Gasteiger charge is -2.39. The molecule has 0 spiro atoms. The Morgan fingerprint density at radius 3 is 2.58 bits per heavy atom. The molecule has 1 atom stereocenters. The first-order valence-corrected chi connectivity index (χ1v) is 12.3. The van der Waals surface area contributed by atoms with Crippen molar-refractivity contribution >= 4 is 28.6 Å². The van der Waals surface area contributed by atoms with E-state index in [9.17, 15) is 9.59 Å². The maximum Gasteiger partial charge on any atom is 0.410 e. The lowest BCUT2D eigenvalue weighted by molar-refractivity contribution is -0.0848. The number of halogens is 3. The van der Waals surface area contributed by atoms with Crippen LogP contribution in [0.15, 0.2) is 41.2 Å². The molecule has 6 nitrogen and oxygen atoms in total. The van der Waals surface area contributed by atoms with Crippen LogP contribution in [0.5, 0.6) is 0 Å². The van der Waals surface area contributed by atoms with E-state index in [0.717, 1.165) is 10.5 Å². The lowest BCUT2D eigenvalue weighted by atomic mass is 9.82. The molecule has 190 valence electrons. The van der Waals surface area contributed by atoms with Gasteiger partial charge in [-0.25, -0.2) is 13.6 Å². The topological polar surface area (TPSA) is 64.4 Å². The summed E-state index contributed by atoms with van der Waals surface area (Å²) in [5.41, 5.74) is 0.881. The Morgan fingerprint density at radius 1 is 1.19 bits per heavy atom. The first-order valence-electron chi connectivity index (χ1n) is 11.9. The summed E-state index contributed by atoms with van der Waals surface area (Å²) in [5, 5.41) is 0.594. The molecule has 2 aromatic carbocycles. The van der Waals surface area contributed by atoms with E-state index < -0.39 is 41.1 Å². The smallest absolute Gasteiger partial charge is 0.410 e. The molecule has 1 saturated heterocycles. The number of carbonyl (C=O) groups is 1. The summed E-state index contributed by atoms with van der Waals surface area (Å²) in [6, 6.07) is 10.5. The van der Waals surface area contributed by atoms with Crippen molar-refractivity contribution in [3.8, 4) is 5.69 Å². The number of piperidine rings is 1. The van der Waals surface area contributed by atoms with E-state index in [2.05, 4.69) is 4.98 Å². The third-order valence-electron chi connectivity index (χ3n) is 7.01. The number of alkyl halides is 2. The largest absolute Gasteiger partial charge is 0.444 e. The van der Waals surface area contributed by atoms with Crippen LogP contribution in [-0.2, 0) is 10.2 Å². The number of rotatable bonds is 1. The van der Waals surface area contributed by atoms with Gasteiger partial charge in [0, 0.05) is 6.54 Å². The highest BCUT2D eigenvalue weighted by molar-refractivity contribution is 6.35. The standard InChI is InChI=1S/C27H28ClF2N3O3/c1-25(2,3)36-24(35)32-12-11-16(27(29,30)14-32)15-9-10-17-20(13-15)33-19-8-6-7-18(28)21(19)22(34)31-23(33)26(17,4)5/h6-10,13,16H,11-12,14H2,1-5H3. The minimum Gasteiger partial charge on any atom is -0.444 e. The zero-order valence-electron chi connectivity index (χ0n) is 20.9. The molecular weight excluding hydrogens is 488 g/mol. The summed E-state index contributed by atoms with van der Waals surface area (Å²) in [4.78, 5) is 30.7. The van der Waals surface area contributed by atoms with Crippen LogP contribution in [0.2, 0.25) is 5.02 Å². The van der Waals surface area contributed by atoms with Gasteiger partial charge in [-0.05, 0) is 70.4 Å². The van der Waals surface area contributed by atoms with Crippen molar-refractivity contribution in [3.63, 3.8) is 0 Å². The van der Waals surface area contributed by atoms with Crippen molar-refractivity contribution in [1.82, 2.24) is 14.5 Å². The molecular formula is C27H28ClF2N3O3. The summed E-state index contributed by atoms with van der Waals surface area (Å²) < 4.78 is 38.0. The van der Waals surface area contributed by atoms with Crippen LogP contribution >= 0.6 is 11.6 Å². The first kappa shape index (κ1) is 24.7. The maximum atomic E-state index is 15.4. The minimum atomic E-state index is -3.15. The van der Waals surface area contributed by atoms with Crippen LogP contribution in [0.3, 0.4) is 0 Å².